The Kier molecular flexibility index (Phi) is 4.41. The first-order chi connectivity index (χ1) is 6.68. The second-order valence-corrected chi connectivity index (χ2v) is 3.79. The van der Waals surface area contributed by atoms with E-state index in [4.69, 9.17) is 5.11 Å². The van der Waals surface area contributed by atoms with E-state index in [2.05, 4.69) is 25.1 Å². The fraction of sp³-hybridized carbons (Fsp3) is 0.385. The average Bonchev–Trinajstić information content (AvgIpc) is 2.16. The van der Waals surface area contributed by atoms with Gasteiger partial charge in [-0.15, -0.1) is 0 Å². The number of aliphatic hydroxyl groups excluding tert-OH is 1. The van der Waals surface area contributed by atoms with Gasteiger partial charge in [0.2, 0.25) is 0 Å². The Morgan fingerprint density at radius 3 is 2.57 bits per heavy atom. The first kappa shape index (κ1) is 11.0. The van der Waals surface area contributed by atoms with Crippen LogP contribution < -0.4 is 0 Å². The Morgan fingerprint density at radius 1 is 1.36 bits per heavy atom. The minimum absolute atomic E-state index is 0.200. The second-order valence-electron chi connectivity index (χ2n) is 3.79. The van der Waals surface area contributed by atoms with E-state index in [-0.39, 0.29) is 6.10 Å². The van der Waals surface area contributed by atoms with Gasteiger partial charge in [-0.25, -0.2) is 0 Å². The van der Waals surface area contributed by atoms with Gasteiger partial charge in [0.25, 0.3) is 0 Å². The normalized spacial score (nSPS) is 14.1. The van der Waals surface area contributed by atoms with Crippen molar-refractivity contribution in [1.82, 2.24) is 0 Å². The van der Waals surface area contributed by atoms with Crippen molar-refractivity contribution in [3.05, 3.63) is 41.5 Å². The molecule has 0 bridgehead atoms. The van der Waals surface area contributed by atoms with Crippen LogP contribution >= 0.6 is 0 Å². The topological polar surface area (TPSA) is 20.2 Å². The number of rotatable bonds is 4. The van der Waals surface area contributed by atoms with Crippen LogP contribution in [0.1, 0.15) is 32.3 Å². The Balaban J connectivity index is 2.52. The van der Waals surface area contributed by atoms with Gasteiger partial charge in [0.05, 0.1) is 6.10 Å². The molecule has 0 aliphatic rings. The van der Waals surface area contributed by atoms with E-state index in [1.165, 1.54) is 11.1 Å². The highest BCUT2D eigenvalue weighted by atomic mass is 16.3. The van der Waals surface area contributed by atoms with Gasteiger partial charge in [-0.05, 0) is 32.3 Å². The molecule has 0 aromatic heterocycles. The third-order valence-electron chi connectivity index (χ3n) is 2.17. The fourth-order valence-electron chi connectivity index (χ4n) is 1.34. The Morgan fingerprint density at radius 2 is 2.00 bits per heavy atom. The van der Waals surface area contributed by atoms with E-state index in [1.54, 1.807) is 0 Å². The maximum atomic E-state index is 9.14. The number of aliphatic hydroxyl groups is 1. The zero-order valence-electron chi connectivity index (χ0n) is 8.90. The molecule has 1 rings (SSSR count). The molecule has 0 aliphatic carbocycles. The quantitative estimate of drug-likeness (QED) is 0.772. The maximum absolute atomic E-state index is 9.14. The molecule has 0 spiro atoms. The molecule has 0 aliphatic heterocycles. The summed E-state index contributed by atoms with van der Waals surface area (Å²) in [7, 11) is 0. The smallest absolute Gasteiger partial charge is 0.0515 e. The molecule has 1 aromatic carbocycles. The van der Waals surface area contributed by atoms with E-state index in [9.17, 15) is 0 Å². The minimum Gasteiger partial charge on any atom is -0.393 e. The average molecular weight is 190 g/mol. The van der Waals surface area contributed by atoms with Crippen molar-refractivity contribution in [2.75, 3.05) is 0 Å². The van der Waals surface area contributed by atoms with Gasteiger partial charge < -0.3 is 5.11 Å². The molecule has 14 heavy (non-hydrogen) atoms. The molecule has 76 valence electrons. The van der Waals surface area contributed by atoms with Gasteiger partial charge in [0.1, 0.15) is 0 Å². The summed E-state index contributed by atoms with van der Waals surface area (Å²) in [6.45, 7) is 3.94. The Labute approximate surface area is 86.1 Å². The summed E-state index contributed by atoms with van der Waals surface area (Å²) < 4.78 is 0. The predicted molar refractivity (Wildman–Crippen MR) is 61.0 cm³/mol. The Hall–Kier alpha value is -1.08. The lowest BCUT2D eigenvalue weighted by Crippen LogP contribution is -1.98. The molecule has 0 fully saturated rings. The molecule has 1 N–H and O–H groups in total. The van der Waals surface area contributed by atoms with Crippen LogP contribution in [0.4, 0.5) is 0 Å². The van der Waals surface area contributed by atoms with Crippen LogP contribution in [-0.4, -0.2) is 11.2 Å². The monoisotopic (exact) mass is 190 g/mol. The van der Waals surface area contributed by atoms with Crippen LogP contribution in [0, 0.1) is 0 Å². The van der Waals surface area contributed by atoms with Gasteiger partial charge >= 0.3 is 0 Å². The van der Waals surface area contributed by atoms with E-state index in [1.807, 2.05) is 25.1 Å². The van der Waals surface area contributed by atoms with Gasteiger partial charge in [0.15, 0.2) is 0 Å². The highest BCUT2D eigenvalue weighted by Crippen LogP contribution is 2.11. The summed E-state index contributed by atoms with van der Waals surface area (Å²) >= 11 is 0. The van der Waals surface area contributed by atoms with Crippen LogP contribution in [0.2, 0.25) is 0 Å². The van der Waals surface area contributed by atoms with Crippen LogP contribution in [0.15, 0.2) is 35.9 Å². The first-order valence-electron chi connectivity index (χ1n) is 5.09. The summed E-state index contributed by atoms with van der Waals surface area (Å²) in [6, 6.07) is 10.3. The standard InChI is InChI=1S/C13H18O/c1-11(8-9-12(2)14)10-13-6-4-3-5-7-13/h3-7,10,12,14H,8-9H2,1-2H3/b11-10+/t12-/m1/s1. The third-order valence-corrected chi connectivity index (χ3v) is 2.17. The van der Waals surface area contributed by atoms with Gasteiger partial charge in [-0.2, -0.15) is 0 Å². The van der Waals surface area contributed by atoms with Gasteiger partial charge in [-0.3, -0.25) is 0 Å². The predicted octanol–water partition coefficient (Wildman–Crippen LogP) is 3.25. The van der Waals surface area contributed by atoms with Gasteiger partial charge in [0, 0.05) is 0 Å². The van der Waals surface area contributed by atoms with E-state index in [0.717, 1.165) is 12.8 Å². The number of benzene rings is 1. The lowest BCUT2D eigenvalue weighted by molar-refractivity contribution is 0.185. The molecule has 0 radical (unpaired) electrons. The zero-order chi connectivity index (χ0) is 10.4. The summed E-state index contributed by atoms with van der Waals surface area (Å²) in [4.78, 5) is 0. The first-order valence-corrected chi connectivity index (χ1v) is 5.09. The van der Waals surface area contributed by atoms with Crippen LogP contribution in [0.25, 0.3) is 6.08 Å². The minimum atomic E-state index is -0.200. The maximum Gasteiger partial charge on any atom is 0.0515 e. The molecular weight excluding hydrogens is 172 g/mol. The SMILES string of the molecule is C/C(=C\c1ccccc1)CC[C@@H](C)O. The largest absolute Gasteiger partial charge is 0.393 e. The Bertz CT molecular complexity index is 285. The number of hydrogen-bond acceptors (Lipinski definition) is 1. The summed E-state index contributed by atoms with van der Waals surface area (Å²) in [5.41, 5.74) is 2.55. The van der Waals surface area contributed by atoms with Crippen molar-refractivity contribution in [3.8, 4) is 0 Å². The molecule has 0 unspecified atom stereocenters. The second kappa shape index (κ2) is 5.61. The molecule has 0 amide bonds. The van der Waals surface area contributed by atoms with Crippen LogP contribution in [0.5, 0.6) is 0 Å². The van der Waals surface area contributed by atoms with Crippen molar-refractivity contribution < 1.29 is 5.11 Å². The van der Waals surface area contributed by atoms with Crippen molar-refractivity contribution in [2.45, 2.75) is 32.8 Å². The molecule has 0 heterocycles. The molecule has 1 aromatic rings. The number of allylic oxidation sites excluding steroid dienone is 1. The molecule has 0 saturated heterocycles. The van der Waals surface area contributed by atoms with Gasteiger partial charge in [-0.1, -0.05) is 42.0 Å². The fourth-order valence-corrected chi connectivity index (χ4v) is 1.34. The molecule has 0 saturated carbocycles. The van der Waals surface area contributed by atoms with Crippen LogP contribution in [-0.2, 0) is 0 Å². The molecule has 1 atom stereocenters. The van der Waals surface area contributed by atoms with Crippen molar-refractivity contribution in [3.63, 3.8) is 0 Å². The molecular formula is C13H18O. The summed E-state index contributed by atoms with van der Waals surface area (Å²) in [6.07, 6.45) is 3.78. The highest BCUT2D eigenvalue weighted by Gasteiger charge is 1.96. The lowest BCUT2D eigenvalue weighted by atomic mass is 10.1. The van der Waals surface area contributed by atoms with Crippen molar-refractivity contribution in [2.24, 2.45) is 0 Å². The molecule has 1 heteroatoms. The highest BCUT2D eigenvalue weighted by molar-refractivity contribution is 5.51. The summed E-state index contributed by atoms with van der Waals surface area (Å²) in [5, 5.41) is 9.14. The van der Waals surface area contributed by atoms with Crippen LogP contribution in [0.3, 0.4) is 0 Å². The number of hydrogen-bond donors (Lipinski definition) is 1. The van der Waals surface area contributed by atoms with E-state index < -0.39 is 0 Å². The zero-order valence-corrected chi connectivity index (χ0v) is 8.90. The van der Waals surface area contributed by atoms with Crippen molar-refractivity contribution >= 4 is 6.08 Å². The van der Waals surface area contributed by atoms with Crippen molar-refractivity contribution in [1.29, 1.82) is 0 Å². The molecule has 1 nitrogen and oxygen atoms in total. The van der Waals surface area contributed by atoms with E-state index >= 15 is 0 Å². The third kappa shape index (κ3) is 4.24. The summed E-state index contributed by atoms with van der Waals surface area (Å²) in [5.74, 6) is 0. The lowest BCUT2D eigenvalue weighted by Gasteiger charge is -2.04. The van der Waals surface area contributed by atoms with E-state index in [0.29, 0.717) is 0 Å².